The summed E-state index contributed by atoms with van der Waals surface area (Å²) in [5.41, 5.74) is 1.63. The van der Waals surface area contributed by atoms with E-state index in [1.165, 1.54) is 18.4 Å². The zero-order chi connectivity index (χ0) is 23.3. The van der Waals surface area contributed by atoms with Crippen molar-refractivity contribution in [3.63, 3.8) is 0 Å². The fraction of sp³-hybridized carbons (Fsp3) is 0.481. The number of para-hydroxylation sites is 1. The van der Waals surface area contributed by atoms with Crippen molar-refractivity contribution in [1.29, 1.82) is 0 Å². The number of benzene rings is 2. The summed E-state index contributed by atoms with van der Waals surface area (Å²) in [6, 6.07) is 12.4. The number of alkyl halides is 1. The maximum Gasteiger partial charge on any atom is 0.170 e. The highest BCUT2D eigenvalue weighted by molar-refractivity contribution is 6.35. The number of nitrogens with zero attached hydrogens (tertiary/aromatic N) is 4. The lowest BCUT2D eigenvalue weighted by molar-refractivity contribution is 0.301. The Morgan fingerprint density at radius 1 is 1.00 bits per heavy atom. The Morgan fingerprint density at radius 2 is 1.74 bits per heavy atom. The van der Waals surface area contributed by atoms with Crippen LogP contribution in [0.25, 0.3) is 10.9 Å². The molecule has 0 N–H and O–H groups in total. The van der Waals surface area contributed by atoms with Crippen LogP contribution in [0.2, 0.25) is 5.02 Å². The second kappa shape index (κ2) is 8.56. The molecule has 0 bridgehead atoms. The van der Waals surface area contributed by atoms with E-state index in [0.717, 1.165) is 61.7 Å². The minimum Gasteiger partial charge on any atom is -0.496 e. The van der Waals surface area contributed by atoms with Crippen LogP contribution in [0.1, 0.15) is 55.8 Å². The smallest absolute Gasteiger partial charge is 0.170 e. The van der Waals surface area contributed by atoms with Crippen LogP contribution < -0.4 is 14.5 Å². The number of ether oxygens (including phenoxy) is 1. The SMILES string of the molecule is COc1ccccc1C1CCN(c2nc(C3(F)CC3)nc3c(Cl)cc(N4CCCC4)cc23)CC1. The van der Waals surface area contributed by atoms with Gasteiger partial charge in [0.1, 0.15) is 11.6 Å². The molecule has 0 unspecified atom stereocenters. The summed E-state index contributed by atoms with van der Waals surface area (Å²) < 4.78 is 20.7. The average molecular weight is 481 g/mol. The van der Waals surface area contributed by atoms with Crippen molar-refractivity contribution >= 4 is 34.0 Å². The number of anilines is 2. The number of piperidine rings is 1. The van der Waals surface area contributed by atoms with Crippen LogP contribution in [-0.4, -0.2) is 43.3 Å². The predicted molar refractivity (Wildman–Crippen MR) is 135 cm³/mol. The van der Waals surface area contributed by atoms with E-state index in [-0.39, 0.29) is 5.82 Å². The highest BCUT2D eigenvalue weighted by Crippen LogP contribution is 2.49. The summed E-state index contributed by atoms with van der Waals surface area (Å²) in [6.45, 7) is 3.76. The van der Waals surface area contributed by atoms with Crippen LogP contribution in [0.5, 0.6) is 5.75 Å². The first-order valence-electron chi connectivity index (χ1n) is 12.4. The van der Waals surface area contributed by atoms with Gasteiger partial charge in [0.2, 0.25) is 0 Å². The summed E-state index contributed by atoms with van der Waals surface area (Å²) >= 11 is 6.76. The summed E-state index contributed by atoms with van der Waals surface area (Å²) in [5, 5.41) is 1.51. The summed E-state index contributed by atoms with van der Waals surface area (Å²) in [7, 11) is 1.73. The van der Waals surface area contributed by atoms with Crippen molar-refractivity contribution in [2.75, 3.05) is 43.1 Å². The van der Waals surface area contributed by atoms with Gasteiger partial charge in [-0.05, 0) is 68.2 Å². The van der Waals surface area contributed by atoms with Gasteiger partial charge in [0, 0.05) is 37.3 Å². The molecular formula is C27H30ClFN4O. The third-order valence-electron chi connectivity index (χ3n) is 7.65. The molecule has 3 heterocycles. The van der Waals surface area contributed by atoms with E-state index < -0.39 is 5.67 Å². The lowest BCUT2D eigenvalue weighted by Gasteiger charge is -2.34. The zero-order valence-electron chi connectivity index (χ0n) is 19.6. The minimum atomic E-state index is -1.41. The first kappa shape index (κ1) is 21.9. The normalized spacial score (nSPS) is 20.2. The van der Waals surface area contributed by atoms with Gasteiger partial charge >= 0.3 is 0 Å². The molecule has 2 aromatic carbocycles. The first-order chi connectivity index (χ1) is 16.6. The lowest BCUT2D eigenvalue weighted by Crippen LogP contribution is -2.34. The van der Waals surface area contributed by atoms with Gasteiger partial charge in [-0.1, -0.05) is 29.8 Å². The van der Waals surface area contributed by atoms with E-state index in [4.69, 9.17) is 21.3 Å². The number of hydrogen-bond donors (Lipinski definition) is 0. The van der Waals surface area contributed by atoms with E-state index >= 15 is 4.39 Å². The Balaban J connectivity index is 1.37. The Kier molecular flexibility index (Phi) is 5.51. The van der Waals surface area contributed by atoms with Crippen molar-refractivity contribution in [2.45, 2.75) is 50.1 Å². The second-order valence-electron chi connectivity index (χ2n) is 9.86. The summed E-state index contributed by atoms with van der Waals surface area (Å²) in [6.07, 6.45) is 5.33. The fourth-order valence-corrected chi connectivity index (χ4v) is 5.75. The summed E-state index contributed by atoms with van der Waals surface area (Å²) in [5.74, 6) is 2.49. The molecule has 3 aliphatic rings. The van der Waals surface area contributed by atoms with Crippen LogP contribution in [-0.2, 0) is 5.67 Å². The summed E-state index contributed by atoms with van der Waals surface area (Å²) in [4.78, 5) is 14.1. The molecule has 5 nitrogen and oxygen atoms in total. The highest BCUT2D eigenvalue weighted by Gasteiger charge is 2.48. The van der Waals surface area contributed by atoms with Gasteiger partial charge in [-0.3, -0.25) is 0 Å². The average Bonchev–Trinajstić information content (AvgIpc) is 3.39. The van der Waals surface area contributed by atoms with Crippen molar-refractivity contribution < 1.29 is 9.13 Å². The Morgan fingerprint density at radius 3 is 2.44 bits per heavy atom. The number of fused-ring (bicyclic) bond motifs is 1. The van der Waals surface area contributed by atoms with Gasteiger partial charge in [-0.15, -0.1) is 0 Å². The number of methoxy groups -OCH3 is 1. The Hall–Kier alpha value is -2.60. The topological polar surface area (TPSA) is 41.5 Å². The van der Waals surface area contributed by atoms with Gasteiger partial charge in [-0.25, -0.2) is 14.4 Å². The molecule has 6 rings (SSSR count). The second-order valence-corrected chi connectivity index (χ2v) is 10.3. The maximum atomic E-state index is 15.1. The molecular weight excluding hydrogens is 451 g/mol. The first-order valence-corrected chi connectivity index (χ1v) is 12.8. The molecule has 0 amide bonds. The van der Waals surface area contributed by atoms with Gasteiger partial charge in [0.25, 0.3) is 0 Å². The van der Waals surface area contributed by atoms with Gasteiger partial charge in [-0.2, -0.15) is 0 Å². The van der Waals surface area contributed by atoms with Crippen molar-refractivity contribution in [1.82, 2.24) is 9.97 Å². The van der Waals surface area contributed by atoms with E-state index in [1.807, 2.05) is 18.2 Å². The molecule has 2 saturated heterocycles. The monoisotopic (exact) mass is 480 g/mol. The number of rotatable bonds is 5. The van der Waals surface area contributed by atoms with Crippen molar-refractivity contribution in [3.05, 3.63) is 52.8 Å². The van der Waals surface area contributed by atoms with Crippen LogP contribution in [0.4, 0.5) is 15.9 Å². The van der Waals surface area contributed by atoms with Crippen molar-refractivity contribution in [2.24, 2.45) is 0 Å². The van der Waals surface area contributed by atoms with Gasteiger partial charge in [0.15, 0.2) is 11.5 Å². The zero-order valence-corrected chi connectivity index (χ0v) is 20.3. The van der Waals surface area contributed by atoms with Crippen LogP contribution in [0.3, 0.4) is 0 Å². The third-order valence-corrected chi connectivity index (χ3v) is 7.94. The molecule has 0 atom stereocenters. The largest absolute Gasteiger partial charge is 0.496 e. The predicted octanol–water partition coefficient (Wildman–Crippen LogP) is 6.23. The van der Waals surface area contributed by atoms with Crippen LogP contribution in [0.15, 0.2) is 36.4 Å². The van der Waals surface area contributed by atoms with Gasteiger partial charge < -0.3 is 14.5 Å². The van der Waals surface area contributed by atoms with Crippen LogP contribution in [0, 0.1) is 0 Å². The molecule has 34 heavy (non-hydrogen) atoms. The van der Waals surface area contributed by atoms with E-state index in [9.17, 15) is 0 Å². The van der Waals surface area contributed by atoms with E-state index in [1.54, 1.807) is 7.11 Å². The van der Waals surface area contributed by atoms with Crippen molar-refractivity contribution in [3.8, 4) is 5.75 Å². The molecule has 7 heteroatoms. The maximum absolute atomic E-state index is 15.1. The number of hydrogen-bond acceptors (Lipinski definition) is 5. The molecule has 3 aromatic rings. The molecule has 1 saturated carbocycles. The molecule has 0 spiro atoms. The third kappa shape index (κ3) is 3.86. The number of aromatic nitrogens is 2. The molecule has 0 radical (unpaired) electrons. The molecule has 2 aliphatic heterocycles. The molecule has 178 valence electrons. The molecule has 1 aliphatic carbocycles. The number of halogens is 2. The minimum absolute atomic E-state index is 0.290. The Labute approximate surface area is 204 Å². The lowest BCUT2D eigenvalue weighted by atomic mass is 9.88. The van der Waals surface area contributed by atoms with E-state index in [0.29, 0.717) is 29.3 Å². The molecule has 3 fully saturated rings. The standard InChI is InChI=1S/C27H30ClFN4O/c1-34-23-7-3-2-6-20(23)18-8-14-33(15-9-18)25-21-16-19(32-12-4-5-13-32)17-22(28)24(21)30-26(31-25)27(29)10-11-27/h2-3,6-7,16-18H,4-5,8-15H2,1H3. The Bertz CT molecular complexity index is 1220. The van der Waals surface area contributed by atoms with E-state index in [2.05, 4.69) is 33.0 Å². The highest BCUT2D eigenvalue weighted by atomic mass is 35.5. The van der Waals surface area contributed by atoms with Gasteiger partial charge in [0.05, 0.1) is 17.6 Å². The fourth-order valence-electron chi connectivity index (χ4n) is 5.50. The quantitative estimate of drug-likeness (QED) is 0.432. The van der Waals surface area contributed by atoms with Crippen LogP contribution >= 0.6 is 11.6 Å². The molecule has 1 aromatic heterocycles.